The molecular formula is C29H30N6O3. The number of nitrogens with zero attached hydrogens (tertiary/aromatic N) is 4. The number of aliphatic hydroxyl groups is 2. The van der Waals surface area contributed by atoms with E-state index in [9.17, 15) is 5.11 Å². The first-order chi connectivity index (χ1) is 18.4. The summed E-state index contributed by atoms with van der Waals surface area (Å²) in [5.74, 6) is 1.83. The lowest BCUT2D eigenvalue weighted by Gasteiger charge is -2.17. The number of aliphatic hydroxyl groups excluding tert-OH is 2. The van der Waals surface area contributed by atoms with Crippen LogP contribution in [-0.4, -0.2) is 49.4 Å². The molecule has 38 heavy (non-hydrogen) atoms. The Balaban J connectivity index is 1.33. The predicted octanol–water partition coefficient (Wildman–Crippen LogP) is 4.90. The largest absolute Gasteiger partial charge is 0.464 e. The molecule has 0 aliphatic heterocycles. The van der Waals surface area contributed by atoms with E-state index in [1.165, 1.54) is 0 Å². The van der Waals surface area contributed by atoms with Crippen LogP contribution in [0.3, 0.4) is 0 Å². The Morgan fingerprint density at radius 2 is 1.76 bits per heavy atom. The minimum Gasteiger partial charge on any atom is -0.464 e. The molecular weight excluding hydrogens is 480 g/mol. The molecule has 0 saturated heterocycles. The maximum absolute atomic E-state index is 9.48. The molecule has 3 aromatic heterocycles. The lowest BCUT2D eigenvalue weighted by molar-refractivity contribution is 0.105. The summed E-state index contributed by atoms with van der Waals surface area (Å²) in [5, 5.41) is 25.9. The number of aromatic nitrogens is 4. The van der Waals surface area contributed by atoms with Crippen molar-refractivity contribution in [3.05, 3.63) is 84.1 Å². The van der Waals surface area contributed by atoms with Crippen LogP contribution >= 0.6 is 0 Å². The van der Waals surface area contributed by atoms with E-state index in [2.05, 4.69) is 55.7 Å². The van der Waals surface area contributed by atoms with E-state index in [0.717, 1.165) is 50.3 Å². The van der Waals surface area contributed by atoms with Crippen LogP contribution in [0.2, 0.25) is 0 Å². The van der Waals surface area contributed by atoms with Gasteiger partial charge in [0.25, 0.3) is 0 Å². The molecule has 0 aliphatic carbocycles. The highest BCUT2D eigenvalue weighted by molar-refractivity contribution is 5.85. The summed E-state index contributed by atoms with van der Waals surface area (Å²) in [5.41, 5.74) is 6.76. The zero-order valence-corrected chi connectivity index (χ0v) is 21.5. The summed E-state index contributed by atoms with van der Waals surface area (Å²) in [6.45, 7) is 5.88. The van der Waals surface area contributed by atoms with Gasteiger partial charge in [0.2, 0.25) is 5.95 Å². The van der Waals surface area contributed by atoms with Crippen LogP contribution < -0.4 is 10.6 Å². The third kappa shape index (κ3) is 5.64. The lowest BCUT2D eigenvalue weighted by Crippen LogP contribution is -2.23. The van der Waals surface area contributed by atoms with Crippen molar-refractivity contribution in [3.63, 3.8) is 0 Å². The number of aryl methyl sites for hydroxylation is 2. The number of fused-ring (bicyclic) bond motifs is 1. The first-order valence-corrected chi connectivity index (χ1v) is 12.4. The topological polar surface area (TPSA) is 129 Å². The minimum atomic E-state index is -0.858. The van der Waals surface area contributed by atoms with Gasteiger partial charge in [-0.25, -0.2) is 19.9 Å². The van der Waals surface area contributed by atoms with Crippen LogP contribution in [0.25, 0.3) is 33.4 Å². The Kier molecular flexibility index (Phi) is 7.30. The van der Waals surface area contributed by atoms with Crippen molar-refractivity contribution in [3.8, 4) is 22.4 Å². The molecule has 9 nitrogen and oxygen atoms in total. The highest BCUT2D eigenvalue weighted by Gasteiger charge is 2.12. The van der Waals surface area contributed by atoms with Crippen molar-refractivity contribution in [2.24, 2.45) is 0 Å². The van der Waals surface area contributed by atoms with Gasteiger partial charge in [0.15, 0.2) is 0 Å². The number of anilines is 2. The highest BCUT2D eigenvalue weighted by atomic mass is 16.3. The molecule has 2 aromatic carbocycles. The van der Waals surface area contributed by atoms with Gasteiger partial charge in [-0.15, -0.1) is 0 Å². The number of rotatable bonds is 9. The number of furan rings is 1. The fraction of sp³-hybridized carbons (Fsp3) is 0.241. The average Bonchev–Trinajstić information content (AvgIpc) is 3.31. The second-order valence-corrected chi connectivity index (χ2v) is 9.32. The zero-order valence-electron chi connectivity index (χ0n) is 21.5. The van der Waals surface area contributed by atoms with Crippen molar-refractivity contribution >= 4 is 22.7 Å². The van der Waals surface area contributed by atoms with E-state index in [0.29, 0.717) is 11.8 Å². The maximum Gasteiger partial charge on any atom is 0.222 e. The van der Waals surface area contributed by atoms with Crippen LogP contribution in [-0.2, 0) is 0 Å². The van der Waals surface area contributed by atoms with Gasteiger partial charge in [-0.3, -0.25) is 0 Å². The number of hydrogen-bond acceptors (Lipinski definition) is 9. The van der Waals surface area contributed by atoms with Crippen LogP contribution in [0.15, 0.2) is 71.6 Å². The fourth-order valence-corrected chi connectivity index (χ4v) is 4.24. The average molecular weight is 511 g/mol. The van der Waals surface area contributed by atoms with Crippen molar-refractivity contribution in [1.82, 2.24) is 19.9 Å². The van der Waals surface area contributed by atoms with Crippen LogP contribution in [0.1, 0.15) is 29.9 Å². The number of nitrogens with one attached hydrogen (secondary N) is 2. The summed E-state index contributed by atoms with van der Waals surface area (Å²) in [7, 11) is 0. The van der Waals surface area contributed by atoms with Gasteiger partial charge in [-0.2, -0.15) is 0 Å². The van der Waals surface area contributed by atoms with E-state index >= 15 is 0 Å². The fourth-order valence-electron chi connectivity index (χ4n) is 4.24. The van der Waals surface area contributed by atoms with Gasteiger partial charge in [0.05, 0.1) is 24.7 Å². The third-order valence-corrected chi connectivity index (χ3v) is 6.34. The first-order valence-electron chi connectivity index (χ1n) is 12.4. The Hall–Kier alpha value is -4.34. The first kappa shape index (κ1) is 25.3. The van der Waals surface area contributed by atoms with Crippen molar-refractivity contribution < 1.29 is 14.6 Å². The lowest BCUT2D eigenvalue weighted by atomic mass is 10.0. The Labute approximate surface area is 220 Å². The zero-order chi connectivity index (χ0) is 26.6. The molecule has 2 atom stereocenters. The predicted molar refractivity (Wildman–Crippen MR) is 148 cm³/mol. The molecule has 9 heteroatoms. The van der Waals surface area contributed by atoms with Gasteiger partial charge in [0, 0.05) is 47.6 Å². The van der Waals surface area contributed by atoms with Crippen molar-refractivity contribution in [2.45, 2.75) is 32.9 Å². The molecule has 0 amide bonds. The molecule has 0 aliphatic rings. The molecule has 3 heterocycles. The van der Waals surface area contributed by atoms with E-state index < -0.39 is 6.10 Å². The van der Waals surface area contributed by atoms with E-state index in [1.54, 1.807) is 18.7 Å². The second kappa shape index (κ2) is 11.0. The summed E-state index contributed by atoms with van der Waals surface area (Å²) < 4.78 is 5.59. The summed E-state index contributed by atoms with van der Waals surface area (Å²) in [6.07, 6.45) is 4.38. The third-order valence-electron chi connectivity index (χ3n) is 6.34. The van der Waals surface area contributed by atoms with Gasteiger partial charge in [-0.05, 0) is 61.7 Å². The van der Waals surface area contributed by atoms with Gasteiger partial charge >= 0.3 is 0 Å². The Morgan fingerprint density at radius 1 is 0.947 bits per heavy atom. The molecule has 4 N–H and O–H groups in total. The van der Waals surface area contributed by atoms with Crippen LogP contribution in [0, 0.1) is 13.8 Å². The van der Waals surface area contributed by atoms with E-state index in [-0.39, 0.29) is 19.2 Å². The van der Waals surface area contributed by atoms with E-state index in [4.69, 9.17) is 9.52 Å². The Bertz CT molecular complexity index is 1550. The standard InChI is InChI=1S/C29H30N6O3/c1-17-16-38-27-8-7-22(10-25(17)27)26-11-28(35-19(3)34-26)33-18(2)20-5-4-6-21(9-20)23-12-30-29(31-13-23)32-14-24(37)15-36/h4-13,16,18,24,36-37H,14-15H2,1-3H3,(H,30,31,32)(H,33,34,35). The second-order valence-electron chi connectivity index (χ2n) is 9.32. The van der Waals surface area contributed by atoms with Gasteiger partial charge < -0.3 is 25.3 Å². The molecule has 0 bridgehead atoms. The quantitative estimate of drug-likeness (QED) is 0.219. The SMILES string of the molecule is Cc1nc(NC(C)c2cccc(-c3cnc(NCC(O)CO)nc3)c2)cc(-c2ccc3occ(C)c3c2)n1. The molecule has 0 fully saturated rings. The highest BCUT2D eigenvalue weighted by Crippen LogP contribution is 2.29. The van der Waals surface area contributed by atoms with Crippen LogP contribution in [0.4, 0.5) is 11.8 Å². The summed E-state index contributed by atoms with van der Waals surface area (Å²) in [4.78, 5) is 17.9. The van der Waals surface area contributed by atoms with Gasteiger partial charge in [-0.1, -0.05) is 18.2 Å². The molecule has 194 valence electrons. The number of hydrogen-bond donors (Lipinski definition) is 4. The molecule has 2 unspecified atom stereocenters. The smallest absolute Gasteiger partial charge is 0.222 e. The number of benzene rings is 2. The van der Waals surface area contributed by atoms with Crippen molar-refractivity contribution in [1.29, 1.82) is 0 Å². The molecule has 0 spiro atoms. The summed E-state index contributed by atoms with van der Waals surface area (Å²) >= 11 is 0. The monoisotopic (exact) mass is 510 g/mol. The molecule has 0 saturated carbocycles. The van der Waals surface area contributed by atoms with Crippen molar-refractivity contribution in [2.75, 3.05) is 23.8 Å². The maximum atomic E-state index is 9.48. The molecule has 5 aromatic rings. The van der Waals surface area contributed by atoms with E-state index in [1.807, 2.05) is 44.2 Å². The van der Waals surface area contributed by atoms with Crippen LogP contribution in [0.5, 0.6) is 0 Å². The van der Waals surface area contributed by atoms with Gasteiger partial charge in [0.1, 0.15) is 17.2 Å². The minimum absolute atomic E-state index is 0.0162. The Morgan fingerprint density at radius 3 is 2.55 bits per heavy atom. The summed E-state index contributed by atoms with van der Waals surface area (Å²) in [6, 6.07) is 16.2. The molecule has 5 rings (SSSR count). The normalized spacial score (nSPS) is 12.9. The molecule has 0 radical (unpaired) electrons.